The molecule has 2 amide bonds. The Bertz CT molecular complexity index is 2110. The van der Waals surface area contributed by atoms with Gasteiger partial charge in [0.25, 0.3) is 0 Å². The van der Waals surface area contributed by atoms with Gasteiger partial charge in [0.1, 0.15) is 0 Å². The predicted molar refractivity (Wildman–Crippen MR) is 213 cm³/mol. The van der Waals surface area contributed by atoms with Gasteiger partial charge in [0.05, 0.1) is 18.2 Å². The summed E-state index contributed by atoms with van der Waals surface area (Å²) in [4.78, 5) is 30.4. The van der Waals surface area contributed by atoms with Crippen molar-refractivity contribution in [1.82, 2.24) is 4.90 Å². The van der Waals surface area contributed by atoms with Gasteiger partial charge >= 0.3 is 6.03 Å². The van der Waals surface area contributed by atoms with E-state index < -0.39 is 17.1 Å². The number of aliphatic hydroxyl groups is 2. The highest BCUT2D eigenvalue weighted by Crippen LogP contribution is 2.59. The maximum atomic E-state index is 14.3. The van der Waals surface area contributed by atoms with Crippen LogP contribution in [0.5, 0.6) is 0 Å². The molecule has 1 fully saturated rings. The first-order valence-electron chi connectivity index (χ1n) is 19.0. The van der Waals surface area contributed by atoms with E-state index in [1.807, 2.05) is 91.0 Å². The third-order valence-electron chi connectivity index (χ3n) is 12.0. The highest BCUT2D eigenvalue weighted by Gasteiger charge is 2.57. The number of nitrogens with zero attached hydrogens (tertiary/aromatic N) is 1. The van der Waals surface area contributed by atoms with Crippen molar-refractivity contribution in [3.63, 3.8) is 0 Å². The highest BCUT2D eigenvalue weighted by atomic mass is 16.3. The van der Waals surface area contributed by atoms with Gasteiger partial charge in [0, 0.05) is 28.8 Å². The average molecular weight is 707 g/mol. The van der Waals surface area contributed by atoms with E-state index in [4.69, 9.17) is 0 Å². The standard InChI is InChI=1S/C47H50N2O4/c1-33-13-12-27-46(2)43(41-25-23-34(29-39(50)24-22-33)30-42(41)44(51)36-15-5-3-6-16-36)26-28-47(46,53)32-49(45(52)48-38-19-7-4-8-20-38)31-37-18-11-17-35-14-9-10-21-40(35)37/h3-11,13-21,23,25,30,39,43,50,53H,12,22,24,26-29,31-32H2,1-2H3,(H,48,52)/t39-,43-,46-,47+/m0/s1. The molecule has 3 N–H and O–H groups in total. The van der Waals surface area contributed by atoms with Crippen molar-refractivity contribution in [1.29, 1.82) is 0 Å². The third-order valence-corrected chi connectivity index (χ3v) is 12.0. The van der Waals surface area contributed by atoms with E-state index in [9.17, 15) is 19.8 Å². The normalized spacial score (nSPS) is 23.1. The van der Waals surface area contributed by atoms with Crippen molar-refractivity contribution in [2.45, 2.75) is 83.0 Å². The quantitative estimate of drug-likeness (QED) is 0.116. The number of carbonyl (C=O) groups excluding carboxylic acids is 2. The number of nitrogens with one attached hydrogen (secondary N) is 1. The molecule has 5 aromatic rings. The Morgan fingerprint density at radius 3 is 2.36 bits per heavy atom. The van der Waals surface area contributed by atoms with E-state index in [1.54, 1.807) is 4.90 Å². The topological polar surface area (TPSA) is 89.9 Å². The van der Waals surface area contributed by atoms with Crippen molar-refractivity contribution < 1.29 is 19.8 Å². The lowest BCUT2D eigenvalue weighted by molar-refractivity contribution is -0.0773. The molecule has 8 rings (SSSR count). The summed E-state index contributed by atoms with van der Waals surface area (Å²) in [6, 6.07) is 39.0. The molecule has 272 valence electrons. The Kier molecular flexibility index (Phi) is 10.6. The second-order valence-corrected chi connectivity index (χ2v) is 15.4. The van der Waals surface area contributed by atoms with E-state index in [2.05, 4.69) is 55.6 Å². The zero-order chi connectivity index (χ0) is 37.0. The van der Waals surface area contributed by atoms with Crippen LogP contribution in [0.4, 0.5) is 10.5 Å². The van der Waals surface area contributed by atoms with Crippen LogP contribution in [0.2, 0.25) is 0 Å². The zero-order valence-electron chi connectivity index (χ0n) is 30.8. The smallest absolute Gasteiger partial charge is 0.322 e. The van der Waals surface area contributed by atoms with Gasteiger partial charge in [-0.05, 0) is 103 Å². The van der Waals surface area contributed by atoms with Gasteiger partial charge in [0.2, 0.25) is 0 Å². The van der Waals surface area contributed by atoms with Crippen LogP contribution in [0, 0.1) is 5.41 Å². The van der Waals surface area contributed by atoms with Gasteiger partial charge in [-0.1, -0.05) is 122 Å². The highest BCUT2D eigenvalue weighted by molar-refractivity contribution is 6.10. The Balaban J connectivity index is 1.31. The number of anilines is 1. The zero-order valence-corrected chi connectivity index (χ0v) is 30.8. The summed E-state index contributed by atoms with van der Waals surface area (Å²) < 4.78 is 0. The number of hydrogen-bond donors (Lipinski definition) is 3. The number of hydrogen-bond acceptors (Lipinski definition) is 4. The first-order chi connectivity index (χ1) is 25.6. The summed E-state index contributed by atoms with van der Waals surface area (Å²) >= 11 is 0. The molecule has 53 heavy (non-hydrogen) atoms. The fourth-order valence-electron chi connectivity index (χ4n) is 8.82. The summed E-state index contributed by atoms with van der Waals surface area (Å²) in [5.74, 6) is -0.209. The Morgan fingerprint density at radius 1 is 0.849 bits per heavy atom. The van der Waals surface area contributed by atoms with Crippen molar-refractivity contribution in [3.05, 3.63) is 161 Å². The largest absolute Gasteiger partial charge is 0.393 e. The lowest BCUT2D eigenvalue weighted by atomic mass is 9.64. The van der Waals surface area contributed by atoms with Gasteiger partial charge < -0.3 is 20.4 Å². The number of urea groups is 1. The molecule has 6 heteroatoms. The number of benzene rings is 5. The van der Waals surface area contributed by atoms with Gasteiger partial charge in [0.15, 0.2) is 5.78 Å². The number of ketones is 1. The van der Waals surface area contributed by atoms with Crippen LogP contribution in [0.3, 0.4) is 0 Å². The summed E-state index contributed by atoms with van der Waals surface area (Å²) in [5.41, 5.74) is 4.04. The second kappa shape index (κ2) is 15.5. The minimum Gasteiger partial charge on any atom is -0.393 e. The number of aliphatic hydroxyl groups excluding tert-OH is 1. The maximum absolute atomic E-state index is 14.3. The van der Waals surface area contributed by atoms with Gasteiger partial charge in [-0.2, -0.15) is 0 Å². The molecular weight excluding hydrogens is 657 g/mol. The molecule has 4 atom stereocenters. The summed E-state index contributed by atoms with van der Waals surface area (Å²) in [5, 5.41) is 29.4. The minimum absolute atomic E-state index is 0.0580. The van der Waals surface area contributed by atoms with E-state index in [0.717, 1.165) is 40.3 Å². The van der Waals surface area contributed by atoms with Crippen LogP contribution in [0.15, 0.2) is 133 Å². The van der Waals surface area contributed by atoms with E-state index in [-0.39, 0.29) is 24.3 Å². The van der Waals surface area contributed by atoms with Crippen LogP contribution >= 0.6 is 0 Å². The van der Waals surface area contributed by atoms with Gasteiger partial charge in [-0.3, -0.25) is 4.79 Å². The third kappa shape index (κ3) is 7.71. The molecular formula is C47H50N2O4. The van der Waals surface area contributed by atoms with E-state index in [0.29, 0.717) is 55.5 Å². The predicted octanol–water partition coefficient (Wildman–Crippen LogP) is 9.84. The second-order valence-electron chi connectivity index (χ2n) is 15.4. The lowest BCUT2D eigenvalue weighted by Crippen LogP contribution is -2.54. The monoisotopic (exact) mass is 706 g/mol. The van der Waals surface area contributed by atoms with Crippen molar-refractivity contribution >= 4 is 28.3 Å². The average Bonchev–Trinajstić information content (AvgIpc) is 3.42. The van der Waals surface area contributed by atoms with Crippen molar-refractivity contribution in [2.24, 2.45) is 5.41 Å². The Labute approximate surface area is 313 Å². The molecule has 2 bridgehead atoms. The molecule has 6 nitrogen and oxygen atoms in total. The summed E-state index contributed by atoms with van der Waals surface area (Å²) in [7, 11) is 0. The molecule has 5 aromatic carbocycles. The number of rotatable bonds is 7. The Morgan fingerprint density at radius 2 is 1.57 bits per heavy atom. The van der Waals surface area contributed by atoms with E-state index in [1.165, 1.54) is 5.57 Å². The van der Waals surface area contributed by atoms with Crippen LogP contribution in [-0.4, -0.2) is 45.2 Å². The van der Waals surface area contributed by atoms with E-state index >= 15 is 0 Å². The minimum atomic E-state index is -1.27. The number of allylic oxidation sites excluding steroid dienone is 2. The fourth-order valence-corrected chi connectivity index (χ4v) is 8.82. The molecule has 0 unspecified atom stereocenters. The molecule has 0 saturated heterocycles. The number of amides is 2. The molecule has 0 aromatic heterocycles. The number of fused-ring (bicyclic) bond motifs is 9. The molecule has 1 saturated carbocycles. The molecule has 0 heterocycles. The Hall–Kier alpha value is -5.04. The summed E-state index contributed by atoms with van der Waals surface area (Å²) in [6.45, 7) is 4.72. The summed E-state index contributed by atoms with van der Waals surface area (Å²) in [6.07, 6.45) is 6.14. The number of para-hydroxylation sites is 1. The molecule has 0 radical (unpaired) electrons. The van der Waals surface area contributed by atoms with Crippen LogP contribution in [0.25, 0.3) is 10.8 Å². The molecule has 0 spiro atoms. The first kappa shape index (κ1) is 36.3. The van der Waals surface area contributed by atoms with Crippen LogP contribution in [0.1, 0.15) is 90.9 Å². The van der Waals surface area contributed by atoms with Gasteiger partial charge in [-0.25, -0.2) is 4.79 Å². The van der Waals surface area contributed by atoms with Gasteiger partial charge in [-0.15, -0.1) is 0 Å². The van der Waals surface area contributed by atoms with Crippen LogP contribution in [-0.2, 0) is 13.0 Å². The molecule has 3 aliphatic rings. The molecule has 0 aliphatic heterocycles. The first-order valence-corrected chi connectivity index (χ1v) is 19.0. The maximum Gasteiger partial charge on any atom is 0.322 e. The lowest BCUT2D eigenvalue weighted by Gasteiger charge is -2.46. The van der Waals surface area contributed by atoms with Crippen LogP contribution < -0.4 is 5.32 Å². The molecule has 3 aliphatic carbocycles. The number of carbonyl (C=O) groups is 2. The fraction of sp³-hybridized carbons (Fsp3) is 0.319. The SMILES string of the molecule is CC1=CCC[C@@]2(C)[C@@H](CC[C@@]2(O)CN(Cc2cccc3ccccc23)C(=O)Nc2ccccc2)c2ccc(cc2C(=O)c2ccccc2)C[C@@H](O)CC1. The van der Waals surface area contributed by atoms with Crippen molar-refractivity contribution in [2.75, 3.05) is 11.9 Å². The van der Waals surface area contributed by atoms with Crippen molar-refractivity contribution in [3.8, 4) is 0 Å².